The summed E-state index contributed by atoms with van der Waals surface area (Å²) in [5.41, 5.74) is 3.97. The summed E-state index contributed by atoms with van der Waals surface area (Å²) in [4.78, 5) is 31.2. The van der Waals surface area contributed by atoms with Gasteiger partial charge in [0.05, 0.1) is 27.5 Å². The minimum absolute atomic E-state index is 0. The molecule has 164 valence electrons. The number of rotatable bonds is 4. The second-order valence-electron chi connectivity index (χ2n) is 7.02. The molecule has 32 heavy (non-hydrogen) atoms. The van der Waals surface area contributed by atoms with Crippen molar-refractivity contribution in [1.82, 2.24) is 30.2 Å². The zero-order chi connectivity index (χ0) is 21.2. The molecule has 1 aromatic carbocycles. The fourth-order valence-electron chi connectivity index (χ4n) is 3.39. The van der Waals surface area contributed by atoms with Gasteiger partial charge < -0.3 is 15.5 Å². The van der Waals surface area contributed by atoms with Gasteiger partial charge >= 0.3 is 0 Å². The zero-order valence-electron chi connectivity index (χ0n) is 16.8. The van der Waals surface area contributed by atoms with Gasteiger partial charge in [0.25, 0.3) is 5.91 Å². The molecule has 0 bridgehead atoms. The molecule has 1 aliphatic heterocycles. The number of halogens is 2. The number of pyridine rings is 1. The second kappa shape index (κ2) is 9.51. The van der Waals surface area contributed by atoms with E-state index in [9.17, 15) is 9.18 Å². The highest BCUT2D eigenvalue weighted by atomic mass is 35.5. The molecular formula is C21H19ClFN7OS. The largest absolute Gasteiger partial charge is 0.336 e. The Morgan fingerprint density at radius 3 is 2.72 bits per heavy atom. The van der Waals surface area contributed by atoms with Crippen LogP contribution >= 0.6 is 23.7 Å². The van der Waals surface area contributed by atoms with Crippen molar-refractivity contribution in [2.45, 2.75) is 0 Å². The van der Waals surface area contributed by atoms with Crippen LogP contribution in [0.1, 0.15) is 10.4 Å². The normalized spacial score (nSPS) is 13.6. The molecule has 0 aliphatic carbocycles. The third-order valence-corrected chi connectivity index (χ3v) is 5.80. The number of nitrogens with one attached hydrogen (secondary N) is 2. The van der Waals surface area contributed by atoms with Gasteiger partial charge in [0.15, 0.2) is 5.82 Å². The van der Waals surface area contributed by atoms with E-state index < -0.39 is 5.82 Å². The van der Waals surface area contributed by atoms with Gasteiger partial charge in [0, 0.05) is 37.9 Å². The number of aromatic nitrogens is 4. The summed E-state index contributed by atoms with van der Waals surface area (Å²) in [6.07, 6.45) is 2.65. The fourth-order valence-corrected chi connectivity index (χ4v) is 4.11. The smallest absolute Gasteiger partial charge is 0.255 e. The van der Waals surface area contributed by atoms with Gasteiger partial charge in [-0.2, -0.15) is 0 Å². The Kier molecular flexibility index (Phi) is 6.54. The topological polar surface area (TPSA) is 95.9 Å². The lowest BCUT2D eigenvalue weighted by Crippen LogP contribution is -2.46. The Morgan fingerprint density at radius 1 is 1.09 bits per heavy atom. The summed E-state index contributed by atoms with van der Waals surface area (Å²) in [5, 5.41) is 6.20. The first kappa shape index (κ1) is 22.0. The molecule has 0 saturated carbocycles. The van der Waals surface area contributed by atoms with Crippen LogP contribution in [0.25, 0.3) is 21.5 Å². The van der Waals surface area contributed by atoms with Crippen molar-refractivity contribution in [3.63, 3.8) is 0 Å². The van der Waals surface area contributed by atoms with Crippen LogP contribution < -0.4 is 10.6 Å². The van der Waals surface area contributed by atoms with E-state index in [1.165, 1.54) is 17.5 Å². The minimum atomic E-state index is -0.514. The molecule has 0 atom stereocenters. The van der Waals surface area contributed by atoms with Crippen LogP contribution in [-0.4, -0.2) is 56.9 Å². The molecule has 1 aliphatic rings. The molecule has 0 spiro atoms. The van der Waals surface area contributed by atoms with Crippen LogP contribution in [0.3, 0.4) is 0 Å². The predicted molar refractivity (Wildman–Crippen MR) is 124 cm³/mol. The number of nitrogens with zero attached hydrogens (tertiary/aromatic N) is 5. The number of benzene rings is 1. The van der Waals surface area contributed by atoms with E-state index in [0.717, 1.165) is 29.5 Å². The van der Waals surface area contributed by atoms with E-state index in [-0.39, 0.29) is 30.0 Å². The molecule has 5 rings (SSSR count). The standard InChI is InChI=1S/C21H18FN7OS.ClH/c22-15-11-25-21(28-19(15)13-1-3-16-17(9-13)31-12-26-16)27-18-4-2-14(10-24-18)20(30)29-7-5-23-6-8-29;/h1-4,9-12,23H,5-8H2,(H,24,25,27,28);1H. The van der Waals surface area contributed by atoms with Crippen LogP contribution in [0, 0.1) is 5.82 Å². The summed E-state index contributed by atoms with van der Waals surface area (Å²) < 4.78 is 15.4. The third-order valence-electron chi connectivity index (χ3n) is 5.00. The fraction of sp³-hybridized carbons (Fsp3) is 0.190. The van der Waals surface area contributed by atoms with Gasteiger partial charge in [-0.25, -0.2) is 24.3 Å². The summed E-state index contributed by atoms with van der Waals surface area (Å²) in [7, 11) is 0. The van der Waals surface area contributed by atoms with Crippen molar-refractivity contribution in [2.75, 3.05) is 31.5 Å². The predicted octanol–water partition coefficient (Wildman–Crippen LogP) is 3.50. The maximum absolute atomic E-state index is 14.4. The zero-order valence-corrected chi connectivity index (χ0v) is 18.4. The summed E-state index contributed by atoms with van der Waals surface area (Å²) in [6.45, 7) is 2.94. The van der Waals surface area contributed by atoms with Crippen LogP contribution in [0.15, 0.2) is 48.2 Å². The first-order valence-electron chi connectivity index (χ1n) is 9.76. The lowest BCUT2D eigenvalue weighted by atomic mass is 10.1. The SMILES string of the molecule is Cl.O=C(c1ccc(Nc2ncc(F)c(-c3ccc4ncsc4c3)n2)nc1)N1CCNCC1. The summed E-state index contributed by atoms with van der Waals surface area (Å²) in [5.74, 6) is 0.125. The monoisotopic (exact) mass is 471 g/mol. The van der Waals surface area contributed by atoms with E-state index in [1.54, 1.807) is 28.6 Å². The number of carbonyl (C=O) groups excluding carboxylic acids is 1. The Hall–Kier alpha value is -3.21. The Morgan fingerprint density at radius 2 is 1.94 bits per heavy atom. The average molecular weight is 472 g/mol. The number of carbonyl (C=O) groups is 1. The highest BCUT2D eigenvalue weighted by molar-refractivity contribution is 7.16. The maximum Gasteiger partial charge on any atom is 0.255 e. The third kappa shape index (κ3) is 4.52. The first-order chi connectivity index (χ1) is 15.2. The molecule has 4 aromatic rings. The van der Waals surface area contributed by atoms with E-state index in [0.29, 0.717) is 30.0 Å². The number of hydrogen-bond acceptors (Lipinski definition) is 8. The number of piperazine rings is 1. The number of hydrogen-bond donors (Lipinski definition) is 2. The number of amides is 1. The highest BCUT2D eigenvalue weighted by Gasteiger charge is 2.18. The number of fused-ring (bicyclic) bond motifs is 1. The van der Waals surface area contributed by atoms with Gasteiger partial charge in [0.2, 0.25) is 5.95 Å². The van der Waals surface area contributed by atoms with Crippen LogP contribution in [0.2, 0.25) is 0 Å². The number of thiazole rings is 1. The molecule has 0 radical (unpaired) electrons. The lowest BCUT2D eigenvalue weighted by Gasteiger charge is -2.27. The summed E-state index contributed by atoms with van der Waals surface area (Å²) >= 11 is 1.49. The maximum atomic E-state index is 14.4. The van der Waals surface area contributed by atoms with Crippen LogP contribution in [0.4, 0.5) is 16.2 Å². The van der Waals surface area contributed by atoms with Gasteiger partial charge in [0.1, 0.15) is 11.5 Å². The Bertz CT molecular complexity index is 1240. The minimum Gasteiger partial charge on any atom is -0.336 e. The lowest BCUT2D eigenvalue weighted by molar-refractivity contribution is 0.0735. The summed E-state index contributed by atoms with van der Waals surface area (Å²) in [6, 6.07) is 8.88. The Labute approximate surface area is 193 Å². The van der Waals surface area contributed by atoms with E-state index in [4.69, 9.17) is 0 Å². The van der Waals surface area contributed by atoms with Gasteiger partial charge in [-0.15, -0.1) is 23.7 Å². The molecular weight excluding hydrogens is 453 g/mol. The number of anilines is 2. The van der Waals surface area contributed by atoms with Gasteiger partial charge in [-0.3, -0.25) is 4.79 Å². The van der Waals surface area contributed by atoms with Crippen molar-refractivity contribution < 1.29 is 9.18 Å². The van der Waals surface area contributed by atoms with Crippen molar-refractivity contribution in [2.24, 2.45) is 0 Å². The van der Waals surface area contributed by atoms with Crippen molar-refractivity contribution in [1.29, 1.82) is 0 Å². The van der Waals surface area contributed by atoms with E-state index in [2.05, 4.69) is 30.6 Å². The molecule has 1 saturated heterocycles. The van der Waals surface area contributed by atoms with Gasteiger partial charge in [-0.1, -0.05) is 6.07 Å². The van der Waals surface area contributed by atoms with Crippen LogP contribution in [-0.2, 0) is 0 Å². The Balaban J connectivity index is 0.00000245. The van der Waals surface area contributed by atoms with Crippen molar-refractivity contribution in [3.8, 4) is 11.3 Å². The van der Waals surface area contributed by atoms with Crippen LogP contribution in [0.5, 0.6) is 0 Å². The molecule has 0 unspecified atom stereocenters. The molecule has 1 amide bonds. The van der Waals surface area contributed by atoms with Crippen molar-refractivity contribution in [3.05, 3.63) is 59.6 Å². The average Bonchev–Trinajstić information content (AvgIpc) is 3.29. The van der Waals surface area contributed by atoms with Crippen molar-refractivity contribution >= 4 is 51.6 Å². The highest BCUT2D eigenvalue weighted by Crippen LogP contribution is 2.27. The van der Waals surface area contributed by atoms with E-state index >= 15 is 0 Å². The molecule has 3 aromatic heterocycles. The quantitative estimate of drug-likeness (QED) is 0.470. The second-order valence-corrected chi connectivity index (χ2v) is 7.91. The first-order valence-corrected chi connectivity index (χ1v) is 10.6. The molecule has 4 heterocycles. The molecule has 1 fully saturated rings. The molecule has 11 heteroatoms. The van der Waals surface area contributed by atoms with E-state index in [1.807, 2.05) is 12.1 Å². The van der Waals surface area contributed by atoms with Gasteiger partial charge in [-0.05, 0) is 24.3 Å². The molecule has 8 nitrogen and oxygen atoms in total. The molecule has 2 N–H and O–H groups in total.